The van der Waals surface area contributed by atoms with Gasteiger partial charge in [0.1, 0.15) is 0 Å². The molecule has 114 valence electrons. The van der Waals surface area contributed by atoms with Crippen LogP contribution in [-0.2, 0) is 11.2 Å². The van der Waals surface area contributed by atoms with Crippen LogP contribution in [0.25, 0.3) is 0 Å². The molecule has 3 nitrogen and oxygen atoms in total. The minimum absolute atomic E-state index is 0.127. The molecule has 0 heterocycles. The summed E-state index contributed by atoms with van der Waals surface area (Å²) in [6.45, 7) is 4.32. The molecule has 0 aromatic heterocycles. The Morgan fingerprint density at radius 3 is 2.36 bits per heavy atom. The van der Waals surface area contributed by atoms with Gasteiger partial charge in [0.05, 0.1) is 12.6 Å². The third-order valence-electron chi connectivity index (χ3n) is 3.28. The Bertz CT molecular complexity index is 646. The van der Waals surface area contributed by atoms with E-state index in [2.05, 4.69) is 52.4 Å². The maximum Gasteiger partial charge on any atom is 0.244 e. The highest BCUT2D eigenvalue weighted by molar-refractivity contribution is 9.10. The largest absolute Gasteiger partial charge is 0.273 e. The summed E-state index contributed by atoms with van der Waals surface area (Å²) < 4.78 is 1.000. The van der Waals surface area contributed by atoms with Crippen molar-refractivity contribution in [3.8, 4) is 0 Å². The molecule has 0 unspecified atom stereocenters. The van der Waals surface area contributed by atoms with Crippen LogP contribution >= 0.6 is 15.9 Å². The molecule has 22 heavy (non-hydrogen) atoms. The molecule has 0 saturated heterocycles. The highest BCUT2D eigenvalue weighted by Crippen LogP contribution is 2.14. The van der Waals surface area contributed by atoms with E-state index < -0.39 is 0 Å². The van der Waals surface area contributed by atoms with Crippen LogP contribution < -0.4 is 5.43 Å². The second-order valence-electron chi connectivity index (χ2n) is 5.42. The SMILES string of the molecule is CC(C)c1ccc(/C=N/NC(=O)Cc2ccc(Br)cc2)cc1. The molecule has 0 atom stereocenters. The lowest BCUT2D eigenvalue weighted by molar-refractivity contribution is -0.120. The first-order valence-corrected chi connectivity index (χ1v) is 8.00. The average Bonchev–Trinajstić information content (AvgIpc) is 2.50. The molecule has 2 aromatic rings. The van der Waals surface area contributed by atoms with Gasteiger partial charge in [0, 0.05) is 4.47 Å². The molecule has 1 N–H and O–H groups in total. The van der Waals surface area contributed by atoms with Gasteiger partial charge >= 0.3 is 0 Å². The zero-order valence-electron chi connectivity index (χ0n) is 12.7. The zero-order chi connectivity index (χ0) is 15.9. The van der Waals surface area contributed by atoms with Crippen LogP contribution in [0.3, 0.4) is 0 Å². The maximum absolute atomic E-state index is 11.8. The first-order valence-electron chi connectivity index (χ1n) is 7.21. The standard InChI is InChI=1S/C18H19BrN2O/c1-13(2)16-7-3-15(4-8-16)12-20-21-18(22)11-14-5-9-17(19)10-6-14/h3-10,12-13H,11H2,1-2H3,(H,21,22)/b20-12+. The minimum atomic E-state index is -0.127. The first-order chi connectivity index (χ1) is 10.5. The maximum atomic E-state index is 11.8. The lowest BCUT2D eigenvalue weighted by Crippen LogP contribution is -2.19. The summed E-state index contributed by atoms with van der Waals surface area (Å²) in [6.07, 6.45) is 1.97. The summed E-state index contributed by atoms with van der Waals surface area (Å²) in [5, 5.41) is 4.00. The Balaban J connectivity index is 1.86. The molecule has 0 saturated carbocycles. The van der Waals surface area contributed by atoms with Crippen molar-refractivity contribution >= 4 is 28.1 Å². The van der Waals surface area contributed by atoms with Gasteiger partial charge in [-0.2, -0.15) is 5.10 Å². The van der Waals surface area contributed by atoms with Crippen LogP contribution in [0.5, 0.6) is 0 Å². The molecule has 0 aliphatic carbocycles. The van der Waals surface area contributed by atoms with Crippen molar-refractivity contribution in [3.05, 3.63) is 69.7 Å². The van der Waals surface area contributed by atoms with Gasteiger partial charge in [-0.1, -0.05) is 66.2 Å². The van der Waals surface area contributed by atoms with Crippen molar-refractivity contribution in [2.45, 2.75) is 26.2 Å². The molecule has 0 aliphatic rings. The van der Waals surface area contributed by atoms with Crippen LogP contribution in [0.2, 0.25) is 0 Å². The first kappa shape index (κ1) is 16.4. The van der Waals surface area contributed by atoms with Crippen LogP contribution in [0.4, 0.5) is 0 Å². The predicted octanol–water partition coefficient (Wildman–Crippen LogP) is 4.27. The molecule has 0 radical (unpaired) electrons. The highest BCUT2D eigenvalue weighted by atomic mass is 79.9. The van der Waals surface area contributed by atoms with Crippen LogP contribution in [0, 0.1) is 0 Å². The van der Waals surface area contributed by atoms with Crippen molar-refractivity contribution in [1.82, 2.24) is 5.43 Å². The zero-order valence-corrected chi connectivity index (χ0v) is 14.3. The van der Waals surface area contributed by atoms with E-state index in [9.17, 15) is 4.79 Å². The summed E-state index contributed by atoms with van der Waals surface area (Å²) >= 11 is 3.37. The Morgan fingerprint density at radius 2 is 1.77 bits per heavy atom. The minimum Gasteiger partial charge on any atom is -0.273 e. The van der Waals surface area contributed by atoms with Crippen LogP contribution in [0.1, 0.15) is 36.5 Å². The molecular formula is C18H19BrN2O. The van der Waals surface area contributed by atoms with Crippen molar-refractivity contribution < 1.29 is 4.79 Å². The van der Waals surface area contributed by atoms with Gasteiger partial charge in [-0.15, -0.1) is 0 Å². The summed E-state index contributed by atoms with van der Waals surface area (Å²) in [6, 6.07) is 15.8. The topological polar surface area (TPSA) is 41.5 Å². The number of nitrogens with zero attached hydrogens (tertiary/aromatic N) is 1. The van der Waals surface area contributed by atoms with E-state index in [-0.39, 0.29) is 5.91 Å². The van der Waals surface area contributed by atoms with Gasteiger partial charge in [0.2, 0.25) is 5.91 Å². The summed E-state index contributed by atoms with van der Waals surface area (Å²) in [7, 11) is 0. The number of halogens is 1. The molecule has 0 bridgehead atoms. The molecule has 0 aliphatic heterocycles. The molecule has 2 rings (SSSR count). The van der Waals surface area contributed by atoms with Crippen LogP contribution in [0.15, 0.2) is 58.1 Å². The number of amides is 1. The Morgan fingerprint density at radius 1 is 1.14 bits per heavy atom. The van der Waals surface area contributed by atoms with Crippen molar-refractivity contribution in [2.24, 2.45) is 5.10 Å². The number of hydrogen-bond donors (Lipinski definition) is 1. The van der Waals surface area contributed by atoms with Gasteiger partial charge in [-0.25, -0.2) is 5.43 Å². The normalized spacial score (nSPS) is 11.1. The van der Waals surface area contributed by atoms with Crippen molar-refractivity contribution in [2.75, 3.05) is 0 Å². The van der Waals surface area contributed by atoms with Crippen molar-refractivity contribution in [3.63, 3.8) is 0 Å². The molecular weight excluding hydrogens is 340 g/mol. The lowest BCUT2D eigenvalue weighted by atomic mass is 10.0. The smallest absolute Gasteiger partial charge is 0.244 e. The van der Waals surface area contributed by atoms with E-state index in [4.69, 9.17) is 0 Å². The van der Waals surface area contributed by atoms with Crippen molar-refractivity contribution in [1.29, 1.82) is 0 Å². The second-order valence-corrected chi connectivity index (χ2v) is 6.33. The van der Waals surface area contributed by atoms with E-state index in [0.717, 1.165) is 15.6 Å². The summed E-state index contributed by atoms with van der Waals surface area (Å²) in [5.41, 5.74) is 5.76. The van der Waals surface area contributed by atoms with Gasteiger partial charge < -0.3 is 0 Å². The number of rotatable bonds is 5. The summed E-state index contributed by atoms with van der Waals surface area (Å²) in [5.74, 6) is 0.383. The molecule has 0 spiro atoms. The fourth-order valence-electron chi connectivity index (χ4n) is 1.97. The van der Waals surface area contributed by atoms with Gasteiger partial charge in [-0.3, -0.25) is 4.79 Å². The fourth-order valence-corrected chi connectivity index (χ4v) is 2.24. The lowest BCUT2D eigenvalue weighted by Gasteiger charge is -2.04. The number of carbonyl (C=O) groups excluding carboxylic acids is 1. The molecule has 2 aromatic carbocycles. The highest BCUT2D eigenvalue weighted by Gasteiger charge is 2.02. The summed E-state index contributed by atoms with van der Waals surface area (Å²) in [4.78, 5) is 11.8. The van der Waals surface area contributed by atoms with E-state index in [1.807, 2.05) is 36.4 Å². The van der Waals surface area contributed by atoms with Gasteiger partial charge in [0.25, 0.3) is 0 Å². The Kier molecular flexibility index (Phi) is 5.90. The Hall–Kier alpha value is -1.94. The third-order valence-corrected chi connectivity index (χ3v) is 3.81. The molecule has 1 amide bonds. The number of benzene rings is 2. The predicted molar refractivity (Wildman–Crippen MR) is 94.1 cm³/mol. The number of carbonyl (C=O) groups is 1. The average molecular weight is 359 g/mol. The number of hydrogen-bond acceptors (Lipinski definition) is 2. The third kappa shape index (κ3) is 5.11. The Labute approximate surface area is 139 Å². The van der Waals surface area contributed by atoms with E-state index in [0.29, 0.717) is 12.3 Å². The van der Waals surface area contributed by atoms with Crippen LogP contribution in [-0.4, -0.2) is 12.1 Å². The second kappa shape index (κ2) is 7.90. The number of nitrogens with one attached hydrogen (secondary N) is 1. The van der Waals surface area contributed by atoms with Gasteiger partial charge in [0.15, 0.2) is 0 Å². The number of hydrazone groups is 1. The van der Waals surface area contributed by atoms with E-state index in [1.165, 1.54) is 5.56 Å². The monoisotopic (exact) mass is 358 g/mol. The van der Waals surface area contributed by atoms with E-state index >= 15 is 0 Å². The van der Waals surface area contributed by atoms with Gasteiger partial charge in [-0.05, 0) is 34.7 Å². The quantitative estimate of drug-likeness (QED) is 0.629. The van der Waals surface area contributed by atoms with E-state index in [1.54, 1.807) is 6.21 Å². The fraction of sp³-hybridized carbons (Fsp3) is 0.222. The molecule has 0 fully saturated rings. The molecule has 4 heteroatoms.